The Kier molecular flexibility index (Phi) is 3.69. The molecule has 29 heavy (non-hydrogen) atoms. The predicted molar refractivity (Wildman–Crippen MR) is 100 cm³/mol. The van der Waals surface area contributed by atoms with Crippen molar-refractivity contribution in [3.8, 4) is 6.07 Å². The molecule has 1 aliphatic heterocycles. The molecule has 5 rings (SSSR count). The lowest BCUT2D eigenvalue weighted by atomic mass is 9.90. The van der Waals surface area contributed by atoms with E-state index in [0.29, 0.717) is 0 Å². The van der Waals surface area contributed by atoms with Gasteiger partial charge in [-0.05, 0) is 11.1 Å². The zero-order valence-corrected chi connectivity index (χ0v) is 15.5. The second kappa shape index (κ2) is 5.86. The summed E-state index contributed by atoms with van der Waals surface area (Å²) in [4.78, 5) is 11.9. The number of halogens is 1. The number of carbonyl (C=O) groups excluding carboxylic acids is 1. The molecular formula is C22H20FN3O3. The number of fused-ring (bicyclic) bond motifs is 2. The fourth-order valence-electron chi connectivity index (χ4n) is 5.23. The van der Waals surface area contributed by atoms with Crippen molar-refractivity contribution < 1.29 is 18.7 Å². The fraction of sp³-hybridized carbons (Fsp3) is 0.364. The number of carbonyl (C=O) groups is 1. The molecule has 0 aromatic heterocycles. The summed E-state index contributed by atoms with van der Waals surface area (Å²) in [6, 6.07) is 20.9. The topological polar surface area (TPSA) is 111 Å². The SMILES string of the molecule is N#CC1(N)CC2(O[C@@H](c3ccccc3)[C@H](c3ccccc3)O2)[C@@H]2[C@H]1[C@@]2(F)C(N)=O. The smallest absolute Gasteiger partial charge is 0.256 e. The Hall–Kier alpha value is -2.79. The van der Waals surface area contributed by atoms with E-state index in [4.69, 9.17) is 20.9 Å². The molecule has 2 aliphatic carbocycles. The second-order valence-electron chi connectivity index (χ2n) is 8.13. The molecule has 6 nitrogen and oxygen atoms in total. The van der Waals surface area contributed by atoms with Crippen LogP contribution in [0.2, 0.25) is 0 Å². The quantitative estimate of drug-likeness (QED) is 0.831. The van der Waals surface area contributed by atoms with Crippen molar-refractivity contribution in [3.63, 3.8) is 0 Å². The maximum Gasteiger partial charge on any atom is 0.256 e. The number of nitrogens with zero attached hydrogens (tertiary/aromatic N) is 1. The van der Waals surface area contributed by atoms with Crippen molar-refractivity contribution in [2.75, 3.05) is 0 Å². The molecule has 2 aromatic carbocycles. The van der Waals surface area contributed by atoms with Gasteiger partial charge in [0.2, 0.25) is 5.67 Å². The van der Waals surface area contributed by atoms with Crippen molar-refractivity contribution in [2.45, 2.75) is 35.6 Å². The first-order valence-corrected chi connectivity index (χ1v) is 9.50. The molecule has 7 heteroatoms. The van der Waals surface area contributed by atoms with Crippen molar-refractivity contribution in [1.29, 1.82) is 5.26 Å². The third-order valence-electron chi connectivity index (χ3n) is 6.47. The Morgan fingerprint density at radius 1 is 1.00 bits per heavy atom. The van der Waals surface area contributed by atoms with Gasteiger partial charge in [0.15, 0.2) is 5.79 Å². The maximum atomic E-state index is 15.5. The lowest BCUT2D eigenvalue weighted by Gasteiger charge is -2.31. The van der Waals surface area contributed by atoms with Gasteiger partial charge in [0.1, 0.15) is 17.7 Å². The first kappa shape index (κ1) is 18.3. The number of rotatable bonds is 3. The molecular weight excluding hydrogens is 373 g/mol. The third kappa shape index (κ3) is 2.34. The van der Waals surface area contributed by atoms with E-state index in [-0.39, 0.29) is 6.42 Å². The van der Waals surface area contributed by atoms with E-state index < -0.39 is 46.9 Å². The minimum Gasteiger partial charge on any atom is -0.367 e. The van der Waals surface area contributed by atoms with Crippen LogP contribution in [-0.2, 0) is 14.3 Å². The van der Waals surface area contributed by atoms with Crippen molar-refractivity contribution in [2.24, 2.45) is 23.3 Å². The van der Waals surface area contributed by atoms with Gasteiger partial charge in [-0.25, -0.2) is 4.39 Å². The zero-order valence-electron chi connectivity index (χ0n) is 15.5. The van der Waals surface area contributed by atoms with Crippen LogP contribution < -0.4 is 11.5 Å². The zero-order chi connectivity index (χ0) is 20.4. The Bertz CT molecular complexity index is 963. The normalized spacial score (nSPS) is 39.1. The summed E-state index contributed by atoms with van der Waals surface area (Å²) in [6.07, 6.45) is -1.12. The molecule has 148 valence electrons. The molecule has 2 aromatic rings. The average molecular weight is 393 g/mol. The number of amides is 1. The third-order valence-corrected chi connectivity index (χ3v) is 6.47. The van der Waals surface area contributed by atoms with E-state index in [2.05, 4.69) is 0 Å². The van der Waals surface area contributed by atoms with Gasteiger partial charge in [-0.15, -0.1) is 0 Å². The highest BCUT2D eigenvalue weighted by Crippen LogP contribution is 2.74. The number of hydrogen-bond donors (Lipinski definition) is 2. The molecule has 0 bridgehead atoms. The highest BCUT2D eigenvalue weighted by Gasteiger charge is 2.89. The molecule has 0 radical (unpaired) electrons. The number of primary amides is 1. The molecule has 1 spiro atoms. The van der Waals surface area contributed by atoms with Gasteiger partial charge in [0, 0.05) is 12.3 Å². The van der Waals surface area contributed by atoms with Crippen LogP contribution in [0.1, 0.15) is 29.8 Å². The fourth-order valence-corrected chi connectivity index (χ4v) is 5.23. The maximum absolute atomic E-state index is 15.5. The largest absolute Gasteiger partial charge is 0.367 e. The summed E-state index contributed by atoms with van der Waals surface area (Å²) in [5, 5.41) is 9.64. The summed E-state index contributed by atoms with van der Waals surface area (Å²) in [5.74, 6) is -4.70. The average Bonchev–Trinajstić information content (AvgIpc) is 3.12. The van der Waals surface area contributed by atoms with Crippen LogP contribution in [0.4, 0.5) is 4.39 Å². The van der Waals surface area contributed by atoms with E-state index in [1.165, 1.54) is 0 Å². The first-order chi connectivity index (χ1) is 13.9. The van der Waals surface area contributed by atoms with Crippen LogP contribution in [0, 0.1) is 23.2 Å². The standard InChI is InChI=1S/C22H20FN3O3/c23-22(19(25)27)17-18(22)21(11-20(17,26)12-24)28-15(13-7-3-1-4-8-13)16(29-21)14-9-5-2-6-10-14/h1-10,15-18H,11,26H2,(H2,25,27)/t15-,16-,17+,18-,20?,22-/m0/s1. The van der Waals surface area contributed by atoms with Crippen LogP contribution in [0.5, 0.6) is 0 Å². The van der Waals surface area contributed by atoms with Gasteiger partial charge >= 0.3 is 0 Å². The highest BCUT2D eigenvalue weighted by atomic mass is 19.1. The number of nitriles is 1. The van der Waals surface area contributed by atoms with E-state index in [1.54, 1.807) is 0 Å². The molecule has 1 heterocycles. The summed E-state index contributed by atoms with van der Waals surface area (Å²) in [6.45, 7) is 0. The van der Waals surface area contributed by atoms with Gasteiger partial charge in [-0.1, -0.05) is 60.7 Å². The number of alkyl halides is 1. The van der Waals surface area contributed by atoms with E-state index in [1.807, 2.05) is 66.7 Å². The summed E-state index contributed by atoms with van der Waals surface area (Å²) >= 11 is 0. The number of hydrogen-bond acceptors (Lipinski definition) is 5. The van der Waals surface area contributed by atoms with Crippen molar-refractivity contribution in [3.05, 3.63) is 71.8 Å². The molecule has 2 saturated carbocycles. The molecule has 4 N–H and O–H groups in total. The monoisotopic (exact) mass is 393 g/mol. The Balaban J connectivity index is 1.60. The molecule has 6 atom stereocenters. The van der Waals surface area contributed by atoms with E-state index >= 15 is 4.39 Å². The van der Waals surface area contributed by atoms with Gasteiger partial charge < -0.3 is 20.9 Å². The van der Waals surface area contributed by atoms with E-state index in [0.717, 1.165) is 11.1 Å². The van der Waals surface area contributed by atoms with Crippen molar-refractivity contribution in [1.82, 2.24) is 0 Å². The highest BCUT2D eigenvalue weighted by molar-refractivity contribution is 5.89. The molecule has 3 aliphatic rings. The number of benzene rings is 2. The van der Waals surface area contributed by atoms with Crippen LogP contribution in [0.3, 0.4) is 0 Å². The minimum absolute atomic E-state index is 0.0303. The van der Waals surface area contributed by atoms with Crippen LogP contribution >= 0.6 is 0 Å². The van der Waals surface area contributed by atoms with Crippen LogP contribution in [0.25, 0.3) is 0 Å². The Morgan fingerprint density at radius 2 is 1.48 bits per heavy atom. The lowest BCUT2D eigenvalue weighted by molar-refractivity contribution is -0.199. The Labute approximate surface area is 167 Å². The van der Waals surface area contributed by atoms with Gasteiger partial charge in [-0.3, -0.25) is 4.79 Å². The predicted octanol–water partition coefficient (Wildman–Crippen LogP) is 2.28. The van der Waals surface area contributed by atoms with Gasteiger partial charge in [-0.2, -0.15) is 5.26 Å². The minimum atomic E-state index is -2.42. The molecule has 1 saturated heterocycles. The number of ether oxygens (including phenoxy) is 2. The molecule has 1 amide bonds. The van der Waals surface area contributed by atoms with Crippen molar-refractivity contribution >= 4 is 5.91 Å². The second-order valence-corrected chi connectivity index (χ2v) is 8.13. The van der Waals surface area contributed by atoms with Crippen LogP contribution in [0.15, 0.2) is 60.7 Å². The first-order valence-electron chi connectivity index (χ1n) is 9.50. The lowest BCUT2D eigenvalue weighted by Crippen LogP contribution is -2.51. The van der Waals surface area contributed by atoms with Crippen LogP contribution in [-0.4, -0.2) is 22.9 Å². The summed E-state index contributed by atoms with van der Waals surface area (Å²) in [7, 11) is 0. The molecule has 3 fully saturated rings. The van der Waals surface area contributed by atoms with Gasteiger partial charge in [0.05, 0.1) is 12.0 Å². The molecule has 1 unspecified atom stereocenters. The number of nitrogens with two attached hydrogens (primary N) is 2. The summed E-state index contributed by atoms with van der Waals surface area (Å²) in [5.41, 5.74) is 9.25. The van der Waals surface area contributed by atoms with Gasteiger partial charge in [0.25, 0.3) is 5.91 Å². The van der Waals surface area contributed by atoms with E-state index in [9.17, 15) is 10.1 Å². The summed E-state index contributed by atoms with van der Waals surface area (Å²) < 4.78 is 28.2. The Morgan fingerprint density at radius 3 is 1.90 bits per heavy atom.